The number of hydrogen-bond acceptors (Lipinski definition) is 7. The van der Waals surface area contributed by atoms with Crippen LogP contribution in [0.3, 0.4) is 0 Å². The summed E-state index contributed by atoms with van der Waals surface area (Å²) in [6.07, 6.45) is 5.01. The fraction of sp³-hybridized carbons (Fsp3) is 0.500. The van der Waals surface area contributed by atoms with Crippen molar-refractivity contribution in [3.8, 4) is 16.5 Å². The van der Waals surface area contributed by atoms with Crippen molar-refractivity contribution in [3.05, 3.63) is 27.9 Å². The highest BCUT2D eigenvalue weighted by Gasteiger charge is 2.29. The van der Waals surface area contributed by atoms with Crippen LogP contribution >= 0.6 is 22.9 Å². The molecule has 0 amide bonds. The first-order valence-electron chi connectivity index (χ1n) is 8.58. The molecule has 1 saturated carbocycles. The number of carbonyl (C=O) groups is 1. The van der Waals surface area contributed by atoms with Crippen molar-refractivity contribution in [2.75, 3.05) is 7.11 Å². The Balaban J connectivity index is 1.75. The monoisotopic (exact) mass is 395 g/mol. The Morgan fingerprint density at radius 1 is 1.46 bits per heavy atom. The third kappa shape index (κ3) is 4.16. The van der Waals surface area contributed by atoms with Gasteiger partial charge in [0.1, 0.15) is 0 Å². The predicted octanol–water partition coefficient (Wildman–Crippen LogP) is 3.74. The van der Waals surface area contributed by atoms with Crippen molar-refractivity contribution in [2.45, 2.75) is 45.3 Å². The fourth-order valence-corrected chi connectivity index (χ4v) is 4.45. The number of rotatable bonds is 5. The zero-order valence-corrected chi connectivity index (χ0v) is 16.4. The molecule has 3 rings (SSSR count). The number of esters is 1. The van der Waals surface area contributed by atoms with Crippen LogP contribution in [0.25, 0.3) is 10.7 Å². The molecule has 8 heteroatoms. The van der Waals surface area contributed by atoms with Crippen LogP contribution in [0.15, 0.2) is 12.3 Å². The number of thiophene rings is 1. The zero-order chi connectivity index (χ0) is 18.7. The van der Waals surface area contributed by atoms with Crippen LogP contribution in [0, 0.1) is 12.8 Å². The molecule has 2 aromatic heterocycles. The summed E-state index contributed by atoms with van der Waals surface area (Å²) in [5.41, 5.74) is 7.46. The standard InChI is InChI=1S/C18H22ClN3O3S/c1-10-14(25-13-5-3-4-11(6-13)18(23)24-2)9-21-17(22-10)16-12(8-20)7-15(19)26-16/h7,9,11,13H,3-6,8,20H2,1-2H3/t11-,13-/m0/s1. The first-order chi connectivity index (χ1) is 12.5. The van der Waals surface area contributed by atoms with Crippen molar-refractivity contribution in [2.24, 2.45) is 11.7 Å². The van der Waals surface area contributed by atoms with Gasteiger partial charge in [-0.3, -0.25) is 4.79 Å². The van der Waals surface area contributed by atoms with Crippen molar-refractivity contribution in [1.82, 2.24) is 9.97 Å². The molecule has 0 unspecified atom stereocenters. The van der Waals surface area contributed by atoms with Crippen molar-refractivity contribution >= 4 is 28.9 Å². The van der Waals surface area contributed by atoms with E-state index in [-0.39, 0.29) is 18.0 Å². The number of methoxy groups -OCH3 is 1. The predicted molar refractivity (Wildman–Crippen MR) is 101 cm³/mol. The van der Waals surface area contributed by atoms with E-state index in [4.69, 9.17) is 26.8 Å². The van der Waals surface area contributed by atoms with Crippen molar-refractivity contribution < 1.29 is 14.3 Å². The summed E-state index contributed by atoms with van der Waals surface area (Å²) in [6.45, 7) is 2.27. The van der Waals surface area contributed by atoms with E-state index >= 15 is 0 Å². The number of aromatic nitrogens is 2. The second-order valence-electron chi connectivity index (χ2n) is 6.38. The molecule has 2 aromatic rings. The quantitative estimate of drug-likeness (QED) is 0.776. The van der Waals surface area contributed by atoms with E-state index < -0.39 is 0 Å². The largest absolute Gasteiger partial charge is 0.487 e. The van der Waals surface area contributed by atoms with Gasteiger partial charge in [0, 0.05) is 6.54 Å². The lowest BCUT2D eigenvalue weighted by Crippen LogP contribution is -2.30. The summed E-state index contributed by atoms with van der Waals surface area (Å²) < 4.78 is 11.6. The van der Waals surface area contributed by atoms with Crippen LogP contribution in [0.5, 0.6) is 5.75 Å². The van der Waals surface area contributed by atoms with Gasteiger partial charge >= 0.3 is 5.97 Å². The number of nitrogens with zero attached hydrogens (tertiary/aromatic N) is 2. The van der Waals surface area contributed by atoms with E-state index in [9.17, 15) is 4.79 Å². The average molecular weight is 396 g/mol. The molecule has 0 spiro atoms. The summed E-state index contributed by atoms with van der Waals surface area (Å²) in [4.78, 5) is 21.7. The topological polar surface area (TPSA) is 87.3 Å². The SMILES string of the molecule is COC(=O)[C@H]1CCC[C@H](Oc2cnc(-c3sc(Cl)cc3CN)nc2C)C1. The van der Waals surface area contributed by atoms with E-state index in [1.807, 2.05) is 13.0 Å². The lowest BCUT2D eigenvalue weighted by molar-refractivity contribution is -0.147. The number of carbonyl (C=O) groups excluding carboxylic acids is 1. The lowest BCUT2D eigenvalue weighted by atomic mass is 9.87. The van der Waals surface area contributed by atoms with Crippen LogP contribution in [-0.4, -0.2) is 29.2 Å². The Kier molecular flexibility index (Phi) is 6.11. The summed E-state index contributed by atoms with van der Waals surface area (Å²) >= 11 is 7.51. The summed E-state index contributed by atoms with van der Waals surface area (Å²) in [5, 5.41) is 0. The second-order valence-corrected chi connectivity index (χ2v) is 8.06. The first kappa shape index (κ1) is 19.1. The molecule has 1 aliphatic carbocycles. The van der Waals surface area contributed by atoms with Crippen LogP contribution < -0.4 is 10.5 Å². The molecule has 0 bridgehead atoms. The van der Waals surface area contributed by atoms with Gasteiger partial charge in [-0.25, -0.2) is 9.97 Å². The van der Waals surface area contributed by atoms with Gasteiger partial charge in [-0.05, 0) is 44.2 Å². The average Bonchev–Trinajstić information content (AvgIpc) is 3.04. The molecule has 2 N–H and O–H groups in total. The lowest BCUT2D eigenvalue weighted by Gasteiger charge is -2.28. The van der Waals surface area contributed by atoms with Crippen LogP contribution in [0.4, 0.5) is 0 Å². The molecule has 0 aromatic carbocycles. The molecule has 140 valence electrons. The Labute approximate surface area is 161 Å². The molecular formula is C18H22ClN3O3S. The van der Waals surface area contributed by atoms with Gasteiger partial charge in [-0.2, -0.15) is 0 Å². The van der Waals surface area contributed by atoms with E-state index in [2.05, 4.69) is 9.97 Å². The highest BCUT2D eigenvalue weighted by atomic mass is 35.5. The summed E-state index contributed by atoms with van der Waals surface area (Å²) in [5.74, 6) is 0.981. The van der Waals surface area contributed by atoms with E-state index in [0.29, 0.717) is 28.9 Å². The third-order valence-electron chi connectivity index (χ3n) is 4.59. The molecule has 2 heterocycles. The molecular weight excluding hydrogens is 374 g/mol. The van der Waals surface area contributed by atoms with Gasteiger partial charge in [0.25, 0.3) is 0 Å². The van der Waals surface area contributed by atoms with Gasteiger partial charge in [0.15, 0.2) is 11.6 Å². The summed E-state index contributed by atoms with van der Waals surface area (Å²) in [6, 6.07) is 1.85. The van der Waals surface area contributed by atoms with Gasteiger partial charge in [-0.15, -0.1) is 11.3 Å². The Morgan fingerprint density at radius 3 is 2.96 bits per heavy atom. The molecule has 0 saturated heterocycles. The highest BCUT2D eigenvalue weighted by Crippen LogP contribution is 2.35. The summed E-state index contributed by atoms with van der Waals surface area (Å²) in [7, 11) is 1.43. The molecule has 26 heavy (non-hydrogen) atoms. The minimum absolute atomic E-state index is 0.0308. The maximum atomic E-state index is 11.8. The Hall–Kier alpha value is -1.70. The van der Waals surface area contributed by atoms with E-state index in [1.54, 1.807) is 6.20 Å². The second kappa shape index (κ2) is 8.33. The van der Waals surface area contributed by atoms with Gasteiger partial charge in [0.2, 0.25) is 0 Å². The number of aryl methyl sites for hydroxylation is 1. The van der Waals surface area contributed by atoms with Crippen molar-refractivity contribution in [1.29, 1.82) is 0 Å². The molecule has 6 nitrogen and oxygen atoms in total. The number of ether oxygens (including phenoxy) is 2. The normalized spacial score (nSPS) is 20.0. The number of hydrogen-bond donors (Lipinski definition) is 1. The Morgan fingerprint density at radius 2 is 2.27 bits per heavy atom. The molecule has 0 aliphatic heterocycles. The minimum Gasteiger partial charge on any atom is -0.487 e. The van der Waals surface area contributed by atoms with E-state index in [1.165, 1.54) is 18.4 Å². The van der Waals surface area contributed by atoms with E-state index in [0.717, 1.165) is 35.4 Å². The third-order valence-corrected chi connectivity index (χ3v) is 5.89. The molecule has 2 atom stereocenters. The van der Waals surface area contributed by atoms with Crippen LogP contribution in [0.2, 0.25) is 4.34 Å². The minimum atomic E-state index is -0.162. The number of nitrogens with two attached hydrogens (primary N) is 1. The fourth-order valence-electron chi connectivity index (χ4n) is 3.23. The zero-order valence-electron chi connectivity index (χ0n) is 14.8. The maximum Gasteiger partial charge on any atom is 0.308 e. The van der Waals surface area contributed by atoms with Crippen LogP contribution in [0.1, 0.15) is 36.9 Å². The smallest absolute Gasteiger partial charge is 0.308 e. The van der Waals surface area contributed by atoms with Crippen molar-refractivity contribution in [3.63, 3.8) is 0 Å². The Bertz CT molecular complexity index is 796. The molecule has 1 aliphatic rings. The highest BCUT2D eigenvalue weighted by molar-refractivity contribution is 7.19. The van der Waals surface area contributed by atoms with Gasteiger partial charge in [0.05, 0.1) is 40.2 Å². The van der Waals surface area contributed by atoms with Gasteiger partial charge < -0.3 is 15.2 Å². The molecule has 1 fully saturated rings. The molecule has 0 radical (unpaired) electrons. The van der Waals surface area contributed by atoms with Crippen LogP contribution in [-0.2, 0) is 16.1 Å². The maximum absolute atomic E-state index is 11.8. The van der Waals surface area contributed by atoms with Gasteiger partial charge in [-0.1, -0.05) is 11.6 Å². The first-order valence-corrected chi connectivity index (χ1v) is 9.78. The number of halogens is 1.